The van der Waals surface area contributed by atoms with Crippen LogP contribution in [-0.2, 0) is 10.2 Å². The van der Waals surface area contributed by atoms with E-state index >= 15 is 0 Å². The summed E-state index contributed by atoms with van der Waals surface area (Å²) in [6, 6.07) is 20.1. The molecule has 24 heavy (non-hydrogen) atoms. The predicted octanol–water partition coefficient (Wildman–Crippen LogP) is 4.69. The van der Waals surface area contributed by atoms with Crippen LogP contribution in [0, 0.1) is 0 Å². The third-order valence-corrected chi connectivity index (χ3v) is 5.07. The number of aromatic nitrogens is 1. The van der Waals surface area contributed by atoms with Gasteiger partial charge in [0.2, 0.25) is 5.91 Å². The number of carbonyl (C=O) groups excluding carboxylic acids is 1. The molecule has 2 aromatic carbocycles. The van der Waals surface area contributed by atoms with Crippen LogP contribution in [0.25, 0.3) is 10.9 Å². The molecule has 120 valence electrons. The fourth-order valence-electron chi connectivity index (χ4n) is 3.77. The highest BCUT2D eigenvalue weighted by atomic mass is 16.2. The highest BCUT2D eigenvalue weighted by Gasteiger charge is 2.42. The number of hydrogen-bond donors (Lipinski definition) is 1. The molecule has 0 spiro atoms. The topological polar surface area (TPSA) is 42.0 Å². The van der Waals surface area contributed by atoms with Crippen LogP contribution in [0.3, 0.4) is 0 Å². The number of benzene rings is 2. The van der Waals surface area contributed by atoms with Crippen LogP contribution in [0.2, 0.25) is 0 Å². The SMILES string of the molecule is O=C(Nc1cnc2ccccc2c1)C1(c2ccccc2)CCCC1. The Bertz CT molecular complexity index is 867. The van der Waals surface area contributed by atoms with Gasteiger partial charge in [0.05, 0.1) is 22.8 Å². The van der Waals surface area contributed by atoms with E-state index < -0.39 is 5.41 Å². The molecule has 0 unspecified atom stereocenters. The van der Waals surface area contributed by atoms with Crippen molar-refractivity contribution in [1.29, 1.82) is 0 Å². The number of pyridine rings is 1. The van der Waals surface area contributed by atoms with E-state index in [4.69, 9.17) is 0 Å². The van der Waals surface area contributed by atoms with E-state index in [1.807, 2.05) is 48.5 Å². The van der Waals surface area contributed by atoms with Crippen molar-refractivity contribution in [1.82, 2.24) is 4.98 Å². The van der Waals surface area contributed by atoms with Gasteiger partial charge in [0.15, 0.2) is 0 Å². The first-order chi connectivity index (χ1) is 11.8. The van der Waals surface area contributed by atoms with Crippen molar-refractivity contribution in [3.63, 3.8) is 0 Å². The second-order valence-electron chi connectivity index (χ2n) is 6.53. The summed E-state index contributed by atoms with van der Waals surface area (Å²) in [4.78, 5) is 17.6. The Balaban J connectivity index is 1.65. The molecule has 3 aromatic rings. The number of hydrogen-bond acceptors (Lipinski definition) is 2. The zero-order chi connectivity index (χ0) is 16.4. The summed E-state index contributed by atoms with van der Waals surface area (Å²) in [7, 11) is 0. The molecule has 0 aliphatic heterocycles. The maximum absolute atomic E-state index is 13.1. The quantitative estimate of drug-likeness (QED) is 0.762. The molecule has 3 nitrogen and oxygen atoms in total. The summed E-state index contributed by atoms with van der Waals surface area (Å²) in [5.74, 6) is 0.0864. The van der Waals surface area contributed by atoms with Crippen LogP contribution in [0.5, 0.6) is 0 Å². The lowest BCUT2D eigenvalue weighted by molar-refractivity contribution is -0.121. The maximum atomic E-state index is 13.1. The van der Waals surface area contributed by atoms with Crippen molar-refractivity contribution in [3.8, 4) is 0 Å². The average Bonchev–Trinajstić information content (AvgIpc) is 3.13. The first-order valence-electron chi connectivity index (χ1n) is 8.50. The number of nitrogens with zero attached hydrogens (tertiary/aromatic N) is 1. The maximum Gasteiger partial charge on any atom is 0.235 e. The molecule has 1 aliphatic rings. The summed E-state index contributed by atoms with van der Waals surface area (Å²) in [6.45, 7) is 0. The molecule has 0 bridgehead atoms. The molecule has 1 saturated carbocycles. The van der Waals surface area contributed by atoms with Crippen molar-refractivity contribution >= 4 is 22.5 Å². The molecule has 1 fully saturated rings. The molecule has 4 rings (SSSR count). The van der Waals surface area contributed by atoms with Crippen LogP contribution >= 0.6 is 0 Å². The Labute approximate surface area is 141 Å². The van der Waals surface area contributed by atoms with E-state index in [-0.39, 0.29) is 5.91 Å². The minimum atomic E-state index is -0.410. The van der Waals surface area contributed by atoms with E-state index in [1.54, 1.807) is 6.20 Å². The van der Waals surface area contributed by atoms with Gasteiger partial charge in [-0.05, 0) is 30.5 Å². The van der Waals surface area contributed by atoms with E-state index in [0.29, 0.717) is 0 Å². The Morgan fingerprint density at radius 1 is 0.958 bits per heavy atom. The summed E-state index contributed by atoms with van der Waals surface area (Å²) >= 11 is 0. The van der Waals surface area contributed by atoms with Gasteiger partial charge < -0.3 is 5.32 Å². The van der Waals surface area contributed by atoms with Gasteiger partial charge in [0.25, 0.3) is 0 Å². The zero-order valence-corrected chi connectivity index (χ0v) is 13.5. The Morgan fingerprint density at radius 2 is 1.67 bits per heavy atom. The zero-order valence-electron chi connectivity index (χ0n) is 13.5. The third-order valence-electron chi connectivity index (χ3n) is 5.07. The second kappa shape index (κ2) is 6.08. The van der Waals surface area contributed by atoms with Gasteiger partial charge in [-0.25, -0.2) is 0 Å². The van der Waals surface area contributed by atoms with Crippen molar-refractivity contribution in [2.75, 3.05) is 5.32 Å². The largest absolute Gasteiger partial charge is 0.324 e. The van der Waals surface area contributed by atoms with E-state index in [0.717, 1.165) is 47.8 Å². The van der Waals surface area contributed by atoms with Gasteiger partial charge in [-0.3, -0.25) is 9.78 Å². The van der Waals surface area contributed by atoms with Gasteiger partial charge in [-0.2, -0.15) is 0 Å². The molecule has 3 heteroatoms. The summed E-state index contributed by atoms with van der Waals surface area (Å²) in [5, 5.41) is 4.15. The van der Waals surface area contributed by atoms with E-state index in [2.05, 4.69) is 22.4 Å². The standard InChI is InChI=1S/C21H20N2O/c24-20(21(12-6-7-13-21)17-9-2-1-3-10-17)23-18-14-16-8-4-5-11-19(16)22-15-18/h1-5,8-11,14-15H,6-7,12-13H2,(H,23,24). The van der Waals surface area contributed by atoms with Crippen LogP contribution in [0.4, 0.5) is 5.69 Å². The van der Waals surface area contributed by atoms with Gasteiger partial charge in [-0.1, -0.05) is 61.4 Å². The number of anilines is 1. The lowest BCUT2D eigenvalue weighted by atomic mass is 9.78. The Kier molecular flexibility index (Phi) is 3.77. The summed E-state index contributed by atoms with van der Waals surface area (Å²) in [5.41, 5.74) is 2.41. The number of amides is 1. The summed E-state index contributed by atoms with van der Waals surface area (Å²) < 4.78 is 0. The van der Waals surface area contributed by atoms with Gasteiger partial charge in [0.1, 0.15) is 0 Å². The molecule has 1 N–H and O–H groups in total. The van der Waals surface area contributed by atoms with Crippen LogP contribution in [-0.4, -0.2) is 10.9 Å². The third kappa shape index (κ3) is 2.56. The number of nitrogens with one attached hydrogen (secondary N) is 1. The highest BCUT2D eigenvalue weighted by molar-refractivity contribution is 6.00. The Hall–Kier alpha value is -2.68. The minimum absolute atomic E-state index is 0.0864. The van der Waals surface area contributed by atoms with Crippen molar-refractivity contribution in [2.24, 2.45) is 0 Å². The van der Waals surface area contributed by atoms with Crippen molar-refractivity contribution < 1.29 is 4.79 Å². The number of carbonyl (C=O) groups is 1. The van der Waals surface area contributed by atoms with Crippen LogP contribution in [0.1, 0.15) is 31.2 Å². The predicted molar refractivity (Wildman–Crippen MR) is 97.0 cm³/mol. The molecule has 1 aromatic heterocycles. The second-order valence-corrected chi connectivity index (χ2v) is 6.53. The number of rotatable bonds is 3. The first kappa shape index (κ1) is 14.9. The molecule has 0 radical (unpaired) electrons. The monoisotopic (exact) mass is 316 g/mol. The normalized spacial score (nSPS) is 16.2. The lowest BCUT2D eigenvalue weighted by Gasteiger charge is -2.28. The fourth-order valence-corrected chi connectivity index (χ4v) is 3.77. The van der Waals surface area contributed by atoms with E-state index in [1.165, 1.54) is 0 Å². The van der Waals surface area contributed by atoms with Crippen molar-refractivity contribution in [2.45, 2.75) is 31.1 Å². The molecule has 1 amide bonds. The van der Waals surface area contributed by atoms with Crippen LogP contribution in [0.15, 0.2) is 66.9 Å². The van der Waals surface area contributed by atoms with Crippen molar-refractivity contribution in [3.05, 3.63) is 72.4 Å². The molecule has 0 atom stereocenters. The molecule has 0 saturated heterocycles. The lowest BCUT2D eigenvalue weighted by Crippen LogP contribution is -2.37. The number of para-hydroxylation sites is 1. The Morgan fingerprint density at radius 3 is 2.46 bits per heavy atom. The number of fused-ring (bicyclic) bond motifs is 1. The first-order valence-corrected chi connectivity index (χ1v) is 8.50. The van der Waals surface area contributed by atoms with Gasteiger partial charge >= 0.3 is 0 Å². The highest BCUT2D eigenvalue weighted by Crippen LogP contribution is 2.42. The fraction of sp³-hybridized carbons (Fsp3) is 0.238. The van der Waals surface area contributed by atoms with Gasteiger partial charge in [-0.15, -0.1) is 0 Å². The molecular weight excluding hydrogens is 296 g/mol. The summed E-state index contributed by atoms with van der Waals surface area (Å²) in [6.07, 6.45) is 5.75. The molecule has 1 aliphatic carbocycles. The van der Waals surface area contributed by atoms with E-state index in [9.17, 15) is 4.79 Å². The molecular formula is C21H20N2O. The van der Waals surface area contributed by atoms with Crippen LogP contribution < -0.4 is 5.32 Å². The average molecular weight is 316 g/mol. The molecule has 1 heterocycles. The minimum Gasteiger partial charge on any atom is -0.324 e. The smallest absolute Gasteiger partial charge is 0.235 e. The van der Waals surface area contributed by atoms with Gasteiger partial charge in [0, 0.05) is 5.39 Å².